The highest BCUT2D eigenvalue weighted by Crippen LogP contribution is 2.13. The van der Waals surface area contributed by atoms with Gasteiger partial charge in [0.25, 0.3) is 0 Å². The van der Waals surface area contributed by atoms with Crippen LogP contribution in [0.15, 0.2) is 23.8 Å². The molecule has 0 aromatic carbocycles. The molecule has 2 nitrogen and oxygen atoms in total. The van der Waals surface area contributed by atoms with Gasteiger partial charge < -0.3 is 0 Å². The monoisotopic (exact) mass is 200 g/mol. The molecule has 0 saturated carbocycles. The summed E-state index contributed by atoms with van der Waals surface area (Å²) in [5.74, 6) is 0.237. The summed E-state index contributed by atoms with van der Waals surface area (Å²) in [6, 6.07) is 0. The molecule has 0 atom stereocenters. The third-order valence-corrected chi connectivity index (χ3v) is 2.91. The number of sulfone groups is 1. The van der Waals surface area contributed by atoms with E-state index < -0.39 is 9.84 Å². The molecule has 1 aliphatic carbocycles. The Labute approximate surface area is 80.3 Å². The van der Waals surface area contributed by atoms with Gasteiger partial charge in [-0.2, -0.15) is 0 Å². The van der Waals surface area contributed by atoms with Gasteiger partial charge in [0, 0.05) is 6.26 Å². The zero-order chi connectivity index (χ0) is 9.73. The summed E-state index contributed by atoms with van der Waals surface area (Å²) in [5.41, 5.74) is 1.08. The SMILES string of the molecule is CS(=O)(=O)C/C1=C/CC/C=C\CC1. The third-order valence-electron chi connectivity index (χ3n) is 2.01. The van der Waals surface area contributed by atoms with Crippen LogP contribution in [0.25, 0.3) is 0 Å². The zero-order valence-electron chi connectivity index (χ0n) is 7.99. The van der Waals surface area contributed by atoms with Crippen molar-refractivity contribution < 1.29 is 8.42 Å². The van der Waals surface area contributed by atoms with E-state index in [2.05, 4.69) is 18.2 Å². The summed E-state index contributed by atoms with van der Waals surface area (Å²) in [4.78, 5) is 0. The summed E-state index contributed by atoms with van der Waals surface area (Å²) >= 11 is 0. The lowest BCUT2D eigenvalue weighted by molar-refractivity contribution is 0.603. The van der Waals surface area contributed by atoms with E-state index in [0.29, 0.717) is 0 Å². The Morgan fingerprint density at radius 2 is 1.92 bits per heavy atom. The standard InChI is InChI=1S/C10H16O2S/c1-13(11,12)9-10-7-5-3-2-4-6-8-10/h2-3,8H,4-7,9H2,1H3/b3-2-,10-8+. The molecule has 1 aliphatic rings. The van der Waals surface area contributed by atoms with Gasteiger partial charge >= 0.3 is 0 Å². The van der Waals surface area contributed by atoms with Crippen LogP contribution in [0.2, 0.25) is 0 Å². The summed E-state index contributed by atoms with van der Waals surface area (Å²) in [6.45, 7) is 0. The van der Waals surface area contributed by atoms with Gasteiger partial charge in [-0.15, -0.1) is 0 Å². The van der Waals surface area contributed by atoms with Crippen molar-refractivity contribution in [3.8, 4) is 0 Å². The molecular weight excluding hydrogens is 184 g/mol. The molecule has 0 saturated heterocycles. The van der Waals surface area contributed by atoms with Gasteiger partial charge in [-0.25, -0.2) is 8.42 Å². The van der Waals surface area contributed by atoms with Crippen molar-refractivity contribution in [3.63, 3.8) is 0 Å². The molecular formula is C10H16O2S. The predicted octanol–water partition coefficient (Wildman–Crippen LogP) is 2.09. The van der Waals surface area contributed by atoms with Crippen LogP contribution < -0.4 is 0 Å². The fraction of sp³-hybridized carbons (Fsp3) is 0.600. The second-order valence-corrected chi connectivity index (χ2v) is 5.66. The van der Waals surface area contributed by atoms with Crippen molar-refractivity contribution >= 4 is 9.84 Å². The van der Waals surface area contributed by atoms with Gasteiger partial charge in [0.15, 0.2) is 9.84 Å². The first-order valence-electron chi connectivity index (χ1n) is 4.58. The minimum absolute atomic E-state index is 0.237. The lowest BCUT2D eigenvalue weighted by atomic mass is 10.1. The molecule has 1 rings (SSSR count). The summed E-state index contributed by atoms with van der Waals surface area (Å²) in [6.07, 6.45) is 11.5. The molecule has 0 unspecified atom stereocenters. The maximum Gasteiger partial charge on any atom is 0.151 e. The van der Waals surface area contributed by atoms with Crippen LogP contribution in [0.3, 0.4) is 0 Å². The van der Waals surface area contributed by atoms with Crippen molar-refractivity contribution in [2.45, 2.75) is 25.7 Å². The minimum Gasteiger partial charge on any atom is -0.229 e. The molecule has 0 aliphatic heterocycles. The van der Waals surface area contributed by atoms with E-state index in [-0.39, 0.29) is 5.75 Å². The van der Waals surface area contributed by atoms with Crippen LogP contribution >= 0.6 is 0 Å². The maximum absolute atomic E-state index is 11.0. The van der Waals surface area contributed by atoms with E-state index >= 15 is 0 Å². The third kappa shape index (κ3) is 4.88. The molecule has 0 aromatic rings. The van der Waals surface area contributed by atoms with E-state index in [9.17, 15) is 8.42 Å². The normalized spacial score (nSPS) is 25.5. The highest BCUT2D eigenvalue weighted by molar-refractivity contribution is 7.90. The Kier molecular flexibility index (Phi) is 3.72. The lowest BCUT2D eigenvalue weighted by Gasteiger charge is -2.06. The topological polar surface area (TPSA) is 34.1 Å². The van der Waals surface area contributed by atoms with Gasteiger partial charge in [-0.3, -0.25) is 0 Å². The maximum atomic E-state index is 11.0. The van der Waals surface area contributed by atoms with E-state index in [1.165, 1.54) is 6.26 Å². The van der Waals surface area contributed by atoms with Gasteiger partial charge in [-0.05, 0) is 25.7 Å². The summed E-state index contributed by atoms with van der Waals surface area (Å²) < 4.78 is 22.1. The first kappa shape index (κ1) is 10.5. The number of hydrogen-bond donors (Lipinski definition) is 0. The van der Waals surface area contributed by atoms with Crippen LogP contribution in [0.5, 0.6) is 0 Å². The summed E-state index contributed by atoms with van der Waals surface area (Å²) in [5, 5.41) is 0. The molecule has 0 amide bonds. The first-order valence-corrected chi connectivity index (χ1v) is 6.64. The largest absolute Gasteiger partial charge is 0.229 e. The summed E-state index contributed by atoms with van der Waals surface area (Å²) in [7, 11) is -2.84. The first-order chi connectivity index (χ1) is 6.08. The average molecular weight is 200 g/mol. The van der Waals surface area contributed by atoms with E-state index in [4.69, 9.17) is 0 Å². The van der Waals surface area contributed by atoms with Gasteiger partial charge in [0.1, 0.15) is 0 Å². The minimum atomic E-state index is -2.84. The Morgan fingerprint density at radius 3 is 2.62 bits per heavy atom. The molecule has 74 valence electrons. The van der Waals surface area contributed by atoms with E-state index in [1.54, 1.807) is 0 Å². The van der Waals surface area contributed by atoms with Gasteiger partial charge in [0.05, 0.1) is 5.75 Å². The van der Waals surface area contributed by atoms with Crippen LogP contribution in [0, 0.1) is 0 Å². The van der Waals surface area contributed by atoms with Crippen molar-refractivity contribution in [2.24, 2.45) is 0 Å². The highest BCUT2D eigenvalue weighted by Gasteiger charge is 2.07. The van der Waals surface area contributed by atoms with E-state index in [1.807, 2.05) is 0 Å². The molecule has 0 aromatic heterocycles. The van der Waals surface area contributed by atoms with Crippen molar-refractivity contribution in [1.82, 2.24) is 0 Å². The molecule has 0 spiro atoms. The second kappa shape index (κ2) is 4.61. The average Bonchev–Trinajstić information content (AvgIpc) is 1.92. The fourth-order valence-electron chi connectivity index (χ4n) is 1.46. The molecule has 0 bridgehead atoms. The van der Waals surface area contributed by atoms with Crippen molar-refractivity contribution in [2.75, 3.05) is 12.0 Å². The Balaban J connectivity index is 2.58. The number of rotatable bonds is 2. The number of hydrogen-bond acceptors (Lipinski definition) is 2. The Morgan fingerprint density at radius 1 is 1.23 bits per heavy atom. The number of allylic oxidation sites excluding steroid dienone is 3. The quantitative estimate of drug-likeness (QED) is 0.640. The molecule has 0 fully saturated rings. The van der Waals surface area contributed by atoms with Crippen LogP contribution in [-0.4, -0.2) is 20.4 Å². The molecule has 3 heteroatoms. The molecule has 13 heavy (non-hydrogen) atoms. The Hall–Kier alpha value is -0.570. The highest BCUT2D eigenvalue weighted by atomic mass is 32.2. The van der Waals surface area contributed by atoms with E-state index in [0.717, 1.165) is 31.3 Å². The predicted molar refractivity (Wildman–Crippen MR) is 55.4 cm³/mol. The zero-order valence-corrected chi connectivity index (χ0v) is 8.81. The fourth-order valence-corrected chi connectivity index (χ4v) is 2.39. The van der Waals surface area contributed by atoms with Crippen LogP contribution in [0.4, 0.5) is 0 Å². The van der Waals surface area contributed by atoms with Gasteiger partial charge in [-0.1, -0.05) is 23.8 Å². The lowest BCUT2D eigenvalue weighted by Crippen LogP contribution is -2.06. The second-order valence-electron chi connectivity index (χ2n) is 3.52. The van der Waals surface area contributed by atoms with Gasteiger partial charge in [0.2, 0.25) is 0 Å². The molecule has 0 radical (unpaired) electrons. The molecule has 0 N–H and O–H groups in total. The van der Waals surface area contributed by atoms with Crippen molar-refractivity contribution in [1.29, 1.82) is 0 Å². The molecule has 0 heterocycles. The van der Waals surface area contributed by atoms with Crippen LogP contribution in [-0.2, 0) is 9.84 Å². The Bertz CT molecular complexity index is 310. The van der Waals surface area contributed by atoms with Crippen LogP contribution in [0.1, 0.15) is 25.7 Å². The van der Waals surface area contributed by atoms with Crippen molar-refractivity contribution in [3.05, 3.63) is 23.8 Å². The smallest absolute Gasteiger partial charge is 0.151 e.